The maximum absolute atomic E-state index is 5.98. The average Bonchev–Trinajstić information content (AvgIpc) is 2.02. The first-order valence-corrected chi connectivity index (χ1v) is 4.93. The molecule has 2 heterocycles. The molecule has 1 unspecified atom stereocenters. The molecular weight excluding hydrogens is 159 g/mol. The summed E-state index contributed by atoms with van der Waals surface area (Å²) in [6.07, 6.45) is 5.64. The molecule has 0 N–H and O–H groups in total. The Balaban J connectivity index is 2.30. The van der Waals surface area contributed by atoms with E-state index in [0.29, 0.717) is 0 Å². The zero-order valence-electron chi connectivity index (χ0n) is 8.38. The van der Waals surface area contributed by atoms with E-state index in [-0.39, 0.29) is 0 Å². The zero-order valence-corrected chi connectivity index (χ0v) is 8.38. The first-order valence-electron chi connectivity index (χ1n) is 4.93. The van der Waals surface area contributed by atoms with Crippen LogP contribution in [0.2, 0.25) is 0 Å². The maximum atomic E-state index is 5.98. The first-order chi connectivity index (χ1) is 6.08. The van der Waals surface area contributed by atoms with Gasteiger partial charge in [-0.3, -0.25) is 4.99 Å². The number of aliphatic imine (C=N–C) groups is 1. The molecule has 2 aliphatic rings. The monoisotopic (exact) mass is 174 g/mol. The zero-order chi connectivity index (χ0) is 9.47. The van der Waals surface area contributed by atoms with E-state index < -0.39 is 5.44 Å². The van der Waals surface area contributed by atoms with Crippen LogP contribution in [0.15, 0.2) is 16.8 Å². The molecule has 2 rings (SSSR count). The second kappa shape index (κ2) is 2.90. The number of rotatable bonds is 0. The van der Waals surface area contributed by atoms with Gasteiger partial charge in [-0.2, -0.15) is 0 Å². The van der Waals surface area contributed by atoms with Crippen molar-refractivity contribution >= 4 is 13.7 Å². The second-order valence-electron chi connectivity index (χ2n) is 4.15. The fourth-order valence-electron chi connectivity index (χ4n) is 2.12. The van der Waals surface area contributed by atoms with Crippen LogP contribution in [0.5, 0.6) is 0 Å². The lowest BCUT2D eigenvalue weighted by atomic mass is 9.78. The second-order valence-corrected chi connectivity index (χ2v) is 4.15. The van der Waals surface area contributed by atoms with Crippen LogP contribution in [0.1, 0.15) is 33.1 Å². The average molecular weight is 174 g/mol. The number of allylic oxidation sites excluding steroid dienone is 1. The molecule has 2 nitrogen and oxygen atoms in total. The van der Waals surface area contributed by atoms with Crippen LogP contribution in [0.25, 0.3) is 0 Å². The molecule has 1 atom stereocenters. The lowest BCUT2D eigenvalue weighted by Gasteiger charge is -2.38. The standard InChI is InChI=1S/C10H15BN2/c1-8-7-10(2,11)12-9-5-3-4-6-13(8)9/h7H,3-6H2,1-2H3. The van der Waals surface area contributed by atoms with Crippen LogP contribution < -0.4 is 0 Å². The van der Waals surface area contributed by atoms with Gasteiger partial charge in [0.2, 0.25) is 0 Å². The number of hydrogen-bond donors (Lipinski definition) is 0. The van der Waals surface area contributed by atoms with Crippen molar-refractivity contribution in [2.24, 2.45) is 4.99 Å². The van der Waals surface area contributed by atoms with Gasteiger partial charge in [0.15, 0.2) is 0 Å². The molecule has 2 radical (unpaired) electrons. The van der Waals surface area contributed by atoms with Gasteiger partial charge in [-0.05, 0) is 32.8 Å². The molecule has 0 spiro atoms. The fraction of sp³-hybridized carbons (Fsp3) is 0.700. The first kappa shape index (κ1) is 8.85. The van der Waals surface area contributed by atoms with Crippen LogP contribution in [-0.2, 0) is 0 Å². The Morgan fingerprint density at radius 2 is 2.31 bits per heavy atom. The summed E-state index contributed by atoms with van der Waals surface area (Å²) >= 11 is 0. The third kappa shape index (κ3) is 1.65. The quantitative estimate of drug-likeness (QED) is 0.510. The summed E-state index contributed by atoms with van der Waals surface area (Å²) in [5, 5.41) is 0. The van der Waals surface area contributed by atoms with Crippen LogP contribution in [0.3, 0.4) is 0 Å². The molecule has 0 bridgehead atoms. The highest BCUT2D eigenvalue weighted by Crippen LogP contribution is 2.25. The SMILES string of the molecule is [B]C1(C)C=C(C)N2CCCCC2=N1. The highest BCUT2D eigenvalue weighted by Gasteiger charge is 2.26. The summed E-state index contributed by atoms with van der Waals surface area (Å²) in [6.45, 7) is 5.18. The van der Waals surface area contributed by atoms with Crippen molar-refractivity contribution in [2.75, 3.05) is 6.54 Å². The Labute approximate surface area is 81.1 Å². The van der Waals surface area contributed by atoms with Crippen molar-refractivity contribution in [3.8, 4) is 0 Å². The molecule has 0 amide bonds. The van der Waals surface area contributed by atoms with Gasteiger partial charge in [0, 0.05) is 24.1 Å². The molecule has 0 aromatic rings. The van der Waals surface area contributed by atoms with Gasteiger partial charge in [-0.25, -0.2) is 0 Å². The molecule has 0 saturated carbocycles. The van der Waals surface area contributed by atoms with E-state index >= 15 is 0 Å². The van der Waals surface area contributed by atoms with Crippen molar-refractivity contribution in [3.63, 3.8) is 0 Å². The summed E-state index contributed by atoms with van der Waals surface area (Å²) in [4.78, 5) is 6.82. The van der Waals surface area contributed by atoms with E-state index in [1.54, 1.807) is 0 Å². The largest absolute Gasteiger partial charge is 0.334 e. The predicted molar refractivity (Wildman–Crippen MR) is 55.9 cm³/mol. The van der Waals surface area contributed by atoms with Crippen LogP contribution in [-0.4, -0.2) is 30.6 Å². The number of nitrogens with zero attached hydrogens (tertiary/aromatic N) is 2. The summed E-state index contributed by atoms with van der Waals surface area (Å²) < 4.78 is 0. The molecule has 13 heavy (non-hydrogen) atoms. The Bertz CT molecular complexity index is 279. The topological polar surface area (TPSA) is 15.6 Å². The number of piperidine rings is 1. The van der Waals surface area contributed by atoms with Crippen molar-refractivity contribution in [1.29, 1.82) is 0 Å². The summed E-state index contributed by atoms with van der Waals surface area (Å²) in [6, 6.07) is 0. The van der Waals surface area contributed by atoms with Crippen LogP contribution >= 0.6 is 0 Å². The van der Waals surface area contributed by atoms with Crippen molar-refractivity contribution in [1.82, 2.24) is 4.90 Å². The molecular formula is C10H15BN2. The molecule has 0 aromatic heterocycles. The fourth-order valence-corrected chi connectivity index (χ4v) is 2.12. The van der Waals surface area contributed by atoms with Crippen LogP contribution in [0, 0.1) is 0 Å². The van der Waals surface area contributed by atoms with Crippen molar-refractivity contribution in [3.05, 3.63) is 11.8 Å². The minimum absolute atomic E-state index is 0.479. The Morgan fingerprint density at radius 1 is 1.54 bits per heavy atom. The molecule has 1 fully saturated rings. The number of amidine groups is 1. The van der Waals surface area contributed by atoms with E-state index in [1.807, 2.05) is 13.0 Å². The molecule has 3 heteroatoms. The van der Waals surface area contributed by atoms with Gasteiger partial charge >= 0.3 is 0 Å². The summed E-state index contributed by atoms with van der Waals surface area (Å²) in [7, 11) is 5.98. The molecule has 2 aliphatic heterocycles. The minimum Gasteiger partial charge on any atom is -0.334 e. The van der Waals surface area contributed by atoms with Gasteiger partial charge in [0.1, 0.15) is 13.7 Å². The van der Waals surface area contributed by atoms with E-state index in [2.05, 4.69) is 16.8 Å². The Hall–Kier alpha value is -0.725. The van der Waals surface area contributed by atoms with Gasteiger partial charge in [0.05, 0.1) is 0 Å². The molecule has 1 saturated heterocycles. The minimum atomic E-state index is -0.479. The molecule has 0 aliphatic carbocycles. The van der Waals surface area contributed by atoms with Gasteiger partial charge in [0.25, 0.3) is 0 Å². The van der Waals surface area contributed by atoms with E-state index in [0.717, 1.165) is 13.0 Å². The molecule has 0 aromatic carbocycles. The van der Waals surface area contributed by atoms with Crippen molar-refractivity contribution < 1.29 is 0 Å². The smallest absolute Gasteiger partial charge is 0.112 e. The summed E-state index contributed by atoms with van der Waals surface area (Å²) in [5.74, 6) is 1.18. The lowest BCUT2D eigenvalue weighted by Crippen LogP contribution is -2.41. The highest BCUT2D eigenvalue weighted by molar-refractivity contribution is 6.18. The maximum Gasteiger partial charge on any atom is 0.112 e. The summed E-state index contributed by atoms with van der Waals surface area (Å²) in [5.41, 5.74) is 0.780. The van der Waals surface area contributed by atoms with E-state index in [1.165, 1.54) is 24.4 Å². The van der Waals surface area contributed by atoms with Gasteiger partial charge < -0.3 is 4.90 Å². The molecule has 68 valence electrons. The third-order valence-electron chi connectivity index (χ3n) is 2.64. The van der Waals surface area contributed by atoms with Gasteiger partial charge in [-0.1, -0.05) is 0 Å². The Kier molecular flexibility index (Phi) is 1.97. The van der Waals surface area contributed by atoms with Crippen LogP contribution in [0.4, 0.5) is 0 Å². The Morgan fingerprint density at radius 3 is 3.08 bits per heavy atom. The normalized spacial score (nSPS) is 33.5. The van der Waals surface area contributed by atoms with Gasteiger partial charge in [-0.15, -0.1) is 0 Å². The van der Waals surface area contributed by atoms with E-state index in [4.69, 9.17) is 7.85 Å². The van der Waals surface area contributed by atoms with E-state index in [9.17, 15) is 0 Å². The highest BCUT2D eigenvalue weighted by atomic mass is 15.2. The lowest BCUT2D eigenvalue weighted by molar-refractivity contribution is 0.422. The van der Waals surface area contributed by atoms with Crippen molar-refractivity contribution in [2.45, 2.75) is 38.5 Å². The predicted octanol–water partition coefficient (Wildman–Crippen LogP) is 1.67. The third-order valence-corrected chi connectivity index (χ3v) is 2.64. The number of fused-ring (bicyclic) bond motifs is 1. The number of hydrogen-bond acceptors (Lipinski definition) is 2.